The molecule has 35 heavy (non-hydrogen) atoms. The lowest BCUT2D eigenvalue weighted by atomic mass is 9.83. The molecule has 174 valence electrons. The summed E-state index contributed by atoms with van der Waals surface area (Å²) in [6, 6.07) is 18.4. The van der Waals surface area contributed by atoms with E-state index >= 15 is 0 Å². The highest BCUT2D eigenvalue weighted by molar-refractivity contribution is 6.37. The number of fused-ring (bicyclic) bond motifs is 5. The molecular formula is C28H20Cl2N2O3. The smallest absolute Gasteiger partial charge is 0.240 e. The van der Waals surface area contributed by atoms with Crippen molar-refractivity contribution in [3.05, 3.63) is 105 Å². The maximum Gasteiger partial charge on any atom is 0.240 e. The van der Waals surface area contributed by atoms with Gasteiger partial charge in [-0.25, -0.2) is 4.90 Å². The van der Waals surface area contributed by atoms with E-state index in [9.17, 15) is 14.4 Å². The van der Waals surface area contributed by atoms with Crippen molar-refractivity contribution in [2.24, 2.45) is 11.8 Å². The van der Waals surface area contributed by atoms with E-state index in [0.717, 1.165) is 16.7 Å². The zero-order valence-electron chi connectivity index (χ0n) is 18.7. The van der Waals surface area contributed by atoms with Crippen LogP contribution in [0.15, 0.2) is 72.9 Å². The van der Waals surface area contributed by atoms with Crippen LogP contribution in [-0.4, -0.2) is 28.5 Å². The molecule has 0 bridgehead atoms. The molecule has 0 aromatic heterocycles. The third kappa shape index (κ3) is 3.26. The number of ketones is 1. The Hall–Kier alpha value is -3.41. The van der Waals surface area contributed by atoms with E-state index in [0.29, 0.717) is 10.7 Å². The SMILES string of the molecule is Cc1ccc(N2C(=O)[C@@H]3[C@H](C2=O)[C@@H]2c4ccccc4C=CN2[C@H]3C(=O)c2ccc(Cl)cc2Cl)cc1. The fourth-order valence-corrected chi connectivity index (χ4v) is 6.16. The third-order valence-corrected chi connectivity index (χ3v) is 7.77. The molecule has 2 saturated heterocycles. The van der Waals surface area contributed by atoms with Crippen LogP contribution in [-0.2, 0) is 9.59 Å². The van der Waals surface area contributed by atoms with E-state index in [-0.39, 0.29) is 28.2 Å². The van der Waals surface area contributed by atoms with Gasteiger partial charge in [0, 0.05) is 16.8 Å². The number of carbonyl (C=O) groups excluding carboxylic acids is 3. The molecule has 3 aromatic carbocycles. The molecule has 2 fully saturated rings. The Labute approximate surface area is 212 Å². The van der Waals surface area contributed by atoms with Crippen molar-refractivity contribution < 1.29 is 14.4 Å². The number of anilines is 1. The molecule has 0 radical (unpaired) electrons. The van der Waals surface area contributed by atoms with Crippen molar-refractivity contribution in [1.82, 2.24) is 4.90 Å². The highest BCUT2D eigenvalue weighted by Gasteiger charge is 2.64. The fraction of sp³-hybridized carbons (Fsp3) is 0.179. The summed E-state index contributed by atoms with van der Waals surface area (Å²) in [5.41, 5.74) is 3.72. The van der Waals surface area contributed by atoms with Crippen molar-refractivity contribution in [2.45, 2.75) is 19.0 Å². The van der Waals surface area contributed by atoms with Crippen molar-refractivity contribution in [1.29, 1.82) is 0 Å². The van der Waals surface area contributed by atoms with Gasteiger partial charge in [-0.2, -0.15) is 0 Å². The molecule has 0 aliphatic carbocycles. The van der Waals surface area contributed by atoms with E-state index in [1.165, 1.54) is 11.0 Å². The summed E-state index contributed by atoms with van der Waals surface area (Å²) in [7, 11) is 0. The van der Waals surface area contributed by atoms with Gasteiger partial charge in [0.1, 0.15) is 6.04 Å². The number of Topliss-reactive ketones (excluding diaryl/α,β-unsaturated/α-hetero) is 1. The zero-order valence-corrected chi connectivity index (χ0v) is 20.2. The summed E-state index contributed by atoms with van der Waals surface area (Å²) in [4.78, 5) is 44.8. The standard InChI is InChI=1S/C28H20Cl2N2O3/c1-15-6-9-18(10-7-15)32-27(34)22-23(28(32)35)25(26(33)20-11-8-17(29)14-21(20)30)31-13-12-16-4-2-3-5-19(16)24(22)31/h2-14,22-25H,1H3/t22-,23+,24-,25+/m0/s1. The lowest BCUT2D eigenvalue weighted by molar-refractivity contribution is -0.123. The number of benzene rings is 3. The molecule has 0 N–H and O–H groups in total. The minimum Gasteiger partial charge on any atom is -0.358 e. The summed E-state index contributed by atoms with van der Waals surface area (Å²) >= 11 is 12.5. The van der Waals surface area contributed by atoms with Gasteiger partial charge >= 0.3 is 0 Å². The van der Waals surface area contributed by atoms with Crippen LogP contribution >= 0.6 is 23.2 Å². The van der Waals surface area contributed by atoms with Crippen LogP contribution in [0.4, 0.5) is 5.69 Å². The quantitative estimate of drug-likeness (QED) is 0.340. The minimum absolute atomic E-state index is 0.219. The van der Waals surface area contributed by atoms with Gasteiger partial charge in [-0.3, -0.25) is 14.4 Å². The molecule has 2 amide bonds. The van der Waals surface area contributed by atoms with Crippen LogP contribution in [0.2, 0.25) is 10.0 Å². The predicted octanol–water partition coefficient (Wildman–Crippen LogP) is 5.70. The number of nitrogens with zero attached hydrogens (tertiary/aromatic N) is 2. The van der Waals surface area contributed by atoms with Gasteiger partial charge in [0.25, 0.3) is 0 Å². The number of hydrogen-bond acceptors (Lipinski definition) is 4. The van der Waals surface area contributed by atoms with Crippen LogP contribution in [0, 0.1) is 18.8 Å². The lowest BCUT2D eigenvalue weighted by Crippen LogP contribution is -2.44. The molecule has 6 rings (SSSR count). The van der Waals surface area contributed by atoms with Crippen molar-refractivity contribution in [2.75, 3.05) is 4.90 Å². The number of rotatable bonds is 3. The summed E-state index contributed by atoms with van der Waals surface area (Å²) < 4.78 is 0. The van der Waals surface area contributed by atoms with E-state index in [1.807, 2.05) is 60.5 Å². The largest absolute Gasteiger partial charge is 0.358 e. The van der Waals surface area contributed by atoms with Gasteiger partial charge < -0.3 is 4.90 Å². The first-order valence-electron chi connectivity index (χ1n) is 11.3. The molecule has 0 saturated carbocycles. The molecule has 5 nitrogen and oxygen atoms in total. The normalized spacial score (nSPS) is 24.4. The Balaban J connectivity index is 1.50. The van der Waals surface area contributed by atoms with Crippen LogP contribution in [0.1, 0.15) is 33.1 Å². The predicted molar refractivity (Wildman–Crippen MR) is 135 cm³/mol. The van der Waals surface area contributed by atoms with Crippen molar-refractivity contribution in [3.8, 4) is 0 Å². The fourth-order valence-electron chi connectivity index (χ4n) is 5.65. The molecule has 7 heteroatoms. The van der Waals surface area contributed by atoms with E-state index < -0.39 is 23.9 Å². The number of aryl methyl sites for hydroxylation is 1. The molecule has 3 aromatic rings. The number of imide groups is 1. The monoisotopic (exact) mass is 502 g/mol. The highest BCUT2D eigenvalue weighted by atomic mass is 35.5. The lowest BCUT2D eigenvalue weighted by Gasteiger charge is -2.35. The molecule has 3 aliphatic rings. The van der Waals surface area contributed by atoms with Crippen LogP contribution in [0.3, 0.4) is 0 Å². The second-order valence-corrected chi connectivity index (χ2v) is 10.0. The van der Waals surface area contributed by atoms with Gasteiger partial charge in [-0.1, -0.05) is 65.2 Å². The number of amides is 2. The minimum atomic E-state index is -0.875. The highest BCUT2D eigenvalue weighted by Crippen LogP contribution is 2.53. The average Bonchev–Trinajstić information content (AvgIpc) is 3.32. The molecule has 3 aliphatic heterocycles. The molecule has 4 atom stereocenters. The Morgan fingerprint density at radius 1 is 0.886 bits per heavy atom. The summed E-state index contributed by atoms with van der Waals surface area (Å²) in [5.74, 6) is -2.51. The summed E-state index contributed by atoms with van der Waals surface area (Å²) in [5, 5.41) is 0.634. The third-order valence-electron chi connectivity index (χ3n) is 7.22. The van der Waals surface area contributed by atoms with Gasteiger partial charge in [-0.15, -0.1) is 0 Å². The van der Waals surface area contributed by atoms with Crippen molar-refractivity contribution >= 4 is 52.6 Å². The second-order valence-electron chi connectivity index (χ2n) is 9.17. The second kappa shape index (κ2) is 8.08. The van der Waals surface area contributed by atoms with Crippen LogP contribution < -0.4 is 4.90 Å². The molecule has 0 unspecified atom stereocenters. The van der Waals surface area contributed by atoms with E-state index in [2.05, 4.69) is 0 Å². The first kappa shape index (κ1) is 22.1. The number of hydrogen-bond donors (Lipinski definition) is 0. The number of carbonyl (C=O) groups is 3. The summed E-state index contributed by atoms with van der Waals surface area (Å²) in [6.45, 7) is 1.94. The van der Waals surface area contributed by atoms with Gasteiger partial charge in [0.2, 0.25) is 11.8 Å². The maximum absolute atomic E-state index is 13.9. The average molecular weight is 503 g/mol. The Bertz CT molecular complexity index is 1430. The van der Waals surface area contributed by atoms with Gasteiger partial charge in [-0.05, 0) is 54.5 Å². The van der Waals surface area contributed by atoms with Crippen LogP contribution in [0.5, 0.6) is 0 Å². The maximum atomic E-state index is 13.9. The van der Waals surface area contributed by atoms with Gasteiger partial charge in [0.15, 0.2) is 5.78 Å². The first-order chi connectivity index (χ1) is 16.9. The molecular weight excluding hydrogens is 483 g/mol. The Kier molecular flexibility index (Phi) is 5.09. The first-order valence-corrected chi connectivity index (χ1v) is 12.1. The zero-order chi connectivity index (χ0) is 24.4. The van der Waals surface area contributed by atoms with Crippen molar-refractivity contribution in [3.63, 3.8) is 0 Å². The van der Waals surface area contributed by atoms with E-state index in [1.54, 1.807) is 24.3 Å². The molecule has 3 heterocycles. The Morgan fingerprint density at radius 3 is 2.34 bits per heavy atom. The topological polar surface area (TPSA) is 57.7 Å². The number of halogens is 2. The summed E-state index contributed by atoms with van der Waals surface area (Å²) in [6.07, 6.45) is 3.75. The van der Waals surface area contributed by atoms with Crippen LogP contribution in [0.25, 0.3) is 6.08 Å². The van der Waals surface area contributed by atoms with E-state index in [4.69, 9.17) is 23.2 Å². The van der Waals surface area contributed by atoms with Gasteiger partial charge in [0.05, 0.1) is 28.6 Å². The Morgan fingerprint density at radius 2 is 1.60 bits per heavy atom. The molecule has 0 spiro atoms.